The van der Waals surface area contributed by atoms with Gasteiger partial charge >= 0.3 is 0 Å². The number of nitrogens with zero attached hydrogens (tertiary/aromatic N) is 2. The summed E-state index contributed by atoms with van der Waals surface area (Å²) in [6.07, 6.45) is 0.846. The Kier molecular flexibility index (Phi) is 4.08. The molecule has 4 rings (SSSR count). The second-order valence-electron chi connectivity index (χ2n) is 6.31. The first-order valence-electron chi connectivity index (χ1n) is 8.32. The van der Waals surface area contributed by atoms with Crippen LogP contribution < -0.4 is 10.1 Å². The van der Waals surface area contributed by atoms with Crippen molar-refractivity contribution in [2.45, 2.75) is 26.9 Å². The lowest BCUT2D eigenvalue weighted by atomic mass is 10.2. The molecule has 2 N–H and O–H groups in total. The molecule has 2 heterocycles. The number of aromatic amines is 1. The highest BCUT2D eigenvalue weighted by Gasteiger charge is 2.13. The van der Waals surface area contributed by atoms with Crippen molar-refractivity contribution in [3.63, 3.8) is 0 Å². The topological polar surface area (TPSA) is 79.9 Å². The number of hydrogen-bond acceptors (Lipinski definition) is 6. The number of ether oxygens (including phenoxy) is 1. The molecule has 0 unspecified atom stereocenters. The van der Waals surface area contributed by atoms with Crippen LogP contribution in [0.3, 0.4) is 0 Å². The van der Waals surface area contributed by atoms with Gasteiger partial charge in [-0.15, -0.1) is 0 Å². The summed E-state index contributed by atoms with van der Waals surface area (Å²) in [6.45, 7) is 5.86. The number of H-pyrrole nitrogens is 1. The number of rotatable bonds is 5. The van der Waals surface area contributed by atoms with Crippen LogP contribution in [0, 0.1) is 6.92 Å². The minimum absolute atomic E-state index is 0.0275. The van der Waals surface area contributed by atoms with Crippen LogP contribution in [-0.4, -0.2) is 27.3 Å². The Balaban J connectivity index is 1.77. The quantitative estimate of drug-likeness (QED) is 0.495. The Hall–Kier alpha value is -2.93. The zero-order valence-electron chi connectivity index (χ0n) is 14.7. The van der Waals surface area contributed by atoms with E-state index < -0.39 is 0 Å². The number of thiazole rings is 1. The second kappa shape index (κ2) is 6.42. The van der Waals surface area contributed by atoms with Crippen molar-refractivity contribution in [2.75, 3.05) is 5.32 Å². The fourth-order valence-electron chi connectivity index (χ4n) is 2.83. The first-order chi connectivity index (χ1) is 12.5. The van der Waals surface area contributed by atoms with Crippen molar-refractivity contribution in [1.82, 2.24) is 15.0 Å². The lowest BCUT2D eigenvalue weighted by Crippen LogP contribution is -2.07. The van der Waals surface area contributed by atoms with Gasteiger partial charge in [0.15, 0.2) is 5.13 Å². The van der Waals surface area contributed by atoms with Crippen molar-refractivity contribution in [3.05, 3.63) is 41.7 Å². The minimum atomic E-state index is 0.0275. The van der Waals surface area contributed by atoms with E-state index in [1.165, 1.54) is 11.3 Å². The van der Waals surface area contributed by atoms with Crippen LogP contribution in [0.15, 0.2) is 30.3 Å². The lowest BCUT2D eigenvalue weighted by molar-refractivity contribution is 0.112. The molecule has 0 fully saturated rings. The Morgan fingerprint density at radius 1 is 1.19 bits per heavy atom. The summed E-state index contributed by atoms with van der Waals surface area (Å²) in [6, 6.07) is 9.36. The van der Waals surface area contributed by atoms with Crippen LogP contribution in [0.4, 0.5) is 10.8 Å². The number of fused-ring (bicyclic) bond motifs is 3. The number of benzene rings is 2. The number of carbonyl (C=O) groups excluding carboxylic acids is 1. The van der Waals surface area contributed by atoms with Gasteiger partial charge in [-0.3, -0.25) is 4.79 Å². The van der Waals surface area contributed by atoms with Gasteiger partial charge in [0, 0.05) is 5.56 Å². The van der Waals surface area contributed by atoms with E-state index in [2.05, 4.69) is 15.3 Å². The van der Waals surface area contributed by atoms with E-state index in [-0.39, 0.29) is 6.10 Å². The highest BCUT2D eigenvalue weighted by atomic mass is 32.1. The van der Waals surface area contributed by atoms with E-state index in [4.69, 9.17) is 9.72 Å². The molecule has 0 saturated heterocycles. The largest absolute Gasteiger partial charge is 0.489 e. The van der Waals surface area contributed by atoms with Crippen molar-refractivity contribution < 1.29 is 9.53 Å². The summed E-state index contributed by atoms with van der Waals surface area (Å²) in [5.41, 5.74) is 3.99. The molecule has 0 atom stereocenters. The van der Waals surface area contributed by atoms with E-state index in [9.17, 15) is 4.79 Å². The monoisotopic (exact) mass is 366 g/mol. The maximum Gasteiger partial charge on any atom is 0.188 e. The van der Waals surface area contributed by atoms with E-state index in [0.29, 0.717) is 11.3 Å². The zero-order valence-corrected chi connectivity index (χ0v) is 15.5. The second-order valence-corrected chi connectivity index (χ2v) is 7.35. The molecule has 7 heteroatoms. The maximum atomic E-state index is 11.1. The molecular weight excluding hydrogens is 348 g/mol. The summed E-state index contributed by atoms with van der Waals surface area (Å²) in [7, 11) is 0. The normalized spacial score (nSPS) is 11.4. The van der Waals surface area contributed by atoms with Gasteiger partial charge in [-0.2, -0.15) is 0 Å². The van der Waals surface area contributed by atoms with Gasteiger partial charge in [-0.05, 0) is 51.1 Å². The lowest BCUT2D eigenvalue weighted by Gasteiger charge is -2.14. The molecule has 0 bridgehead atoms. The fourth-order valence-corrected chi connectivity index (χ4v) is 3.71. The van der Waals surface area contributed by atoms with Gasteiger partial charge in [-0.25, -0.2) is 9.97 Å². The Morgan fingerprint density at radius 3 is 2.81 bits per heavy atom. The molecule has 6 nitrogen and oxygen atoms in total. The number of nitrogens with one attached hydrogen (secondary N) is 2. The first-order valence-corrected chi connectivity index (χ1v) is 9.14. The van der Waals surface area contributed by atoms with E-state index >= 15 is 0 Å². The van der Waals surface area contributed by atoms with Crippen LogP contribution in [-0.2, 0) is 0 Å². The summed E-state index contributed by atoms with van der Waals surface area (Å²) in [4.78, 5) is 23.6. The molecule has 4 aromatic rings. The average molecular weight is 366 g/mol. The summed E-state index contributed by atoms with van der Waals surface area (Å²) in [5, 5.41) is 4.03. The Morgan fingerprint density at radius 2 is 2.04 bits per heavy atom. The van der Waals surface area contributed by atoms with Crippen LogP contribution in [0.25, 0.3) is 21.3 Å². The molecular formula is C19H18N4O2S. The third-order valence-corrected chi connectivity index (χ3v) is 4.81. The Bertz CT molecular complexity index is 1110. The van der Waals surface area contributed by atoms with E-state index in [0.717, 1.165) is 44.2 Å². The van der Waals surface area contributed by atoms with Crippen molar-refractivity contribution in [3.8, 4) is 5.75 Å². The van der Waals surface area contributed by atoms with Crippen LogP contribution in [0.2, 0.25) is 0 Å². The third-order valence-electron chi connectivity index (χ3n) is 3.87. The van der Waals surface area contributed by atoms with Gasteiger partial charge < -0.3 is 15.0 Å². The summed E-state index contributed by atoms with van der Waals surface area (Å²) < 4.78 is 6.89. The van der Waals surface area contributed by atoms with E-state index in [1.54, 1.807) is 18.2 Å². The van der Waals surface area contributed by atoms with Crippen molar-refractivity contribution in [1.29, 1.82) is 0 Å². The van der Waals surface area contributed by atoms with Crippen LogP contribution in [0.1, 0.15) is 30.0 Å². The minimum Gasteiger partial charge on any atom is -0.489 e. The number of aldehydes is 1. The standard InChI is InChI=1S/C19H18N4O2S/c1-10(2)25-15-6-4-12(9-24)8-14(15)22-19-23-18-16(26-19)7-5-13-17(18)21-11(3)20-13/h4-10H,1-3H3,(H,20,21)(H,22,23). The van der Waals surface area contributed by atoms with Gasteiger partial charge in [0.2, 0.25) is 0 Å². The van der Waals surface area contributed by atoms with Crippen LogP contribution in [0.5, 0.6) is 5.75 Å². The zero-order chi connectivity index (χ0) is 18.3. The maximum absolute atomic E-state index is 11.1. The fraction of sp³-hybridized carbons (Fsp3) is 0.211. The molecule has 26 heavy (non-hydrogen) atoms. The molecule has 0 amide bonds. The molecule has 0 spiro atoms. The predicted octanol–water partition coefficient (Wildman–Crippen LogP) is 4.82. The number of anilines is 2. The molecule has 0 aliphatic carbocycles. The predicted molar refractivity (Wildman–Crippen MR) is 105 cm³/mol. The molecule has 0 saturated carbocycles. The van der Waals surface area contributed by atoms with E-state index in [1.807, 2.05) is 32.9 Å². The highest BCUT2D eigenvalue weighted by Crippen LogP contribution is 2.35. The van der Waals surface area contributed by atoms with Gasteiger partial charge in [0.25, 0.3) is 0 Å². The molecule has 0 aliphatic rings. The van der Waals surface area contributed by atoms with Gasteiger partial charge in [0.1, 0.15) is 28.9 Å². The number of hydrogen-bond donors (Lipinski definition) is 2. The van der Waals surface area contributed by atoms with Crippen molar-refractivity contribution in [2.24, 2.45) is 0 Å². The summed E-state index contributed by atoms with van der Waals surface area (Å²) >= 11 is 1.54. The number of imidazole rings is 1. The molecule has 2 aromatic heterocycles. The molecule has 2 aromatic carbocycles. The molecule has 0 aliphatic heterocycles. The van der Waals surface area contributed by atoms with Crippen molar-refractivity contribution >= 4 is 49.7 Å². The number of aryl methyl sites for hydroxylation is 1. The third kappa shape index (κ3) is 3.01. The first kappa shape index (κ1) is 16.5. The summed E-state index contributed by atoms with van der Waals surface area (Å²) in [5.74, 6) is 1.55. The van der Waals surface area contributed by atoms with Gasteiger partial charge in [-0.1, -0.05) is 11.3 Å². The SMILES string of the molecule is Cc1nc2c(ccc3sc(Nc4cc(C=O)ccc4OC(C)C)nc32)[nH]1. The Labute approximate surface area is 154 Å². The smallest absolute Gasteiger partial charge is 0.188 e. The van der Waals surface area contributed by atoms with Crippen LogP contribution >= 0.6 is 11.3 Å². The highest BCUT2D eigenvalue weighted by molar-refractivity contribution is 7.22. The number of carbonyl (C=O) groups is 1. The number of aromatic nitrogens is 3. The average Bonchev–Trinajstić information content (AvgIpc) is 3.17. The van der Waals surface area contributed by atoms with Gasteiger partial charge in [0.05, 0.1) is 22.0 Å². The molecule has 132 valence electrons. The molecule has 0 radical (unpaired) electrons.